The first-order chi connectivity index (χ1) is 13.8. The van der Waals surface area contributed by atoms with Gasteiger partial charge in [0.25, 0.3) is 0 Å². The molecule has 3 fully saturated rings. The summed E-state index contributed by atoms with van der Waals surface area (Å²) in [7, 11) is 2.22. The number of pyridine rings is 1. The number of hydrogen-bond donors (Lipinski definition) is 1. The lowest BCUT2D eigenvalue weighted by atomic mass is 9.91. The number of hydrogen-bond acceptors (Lipinski definition) is 5. The summed E-state index contributed by atoms with van der Waals surface area (Å²) in [5.74, 6) is 3.51. The van der Waals surface area contributed by atoms with Crippen LogP contribution in [0.2, 0.25) is 0 Å². The normalized spacial score (nSPS) is 30.8. The molecule has 0 bridgehead atoms. The van der Waals surface area contributed by atoms with E-state index in [0.717, 1.165) is 29.4 Å². The Bertz CT molecular complexity index is 930. The fraction of sp³-hybridized carbons (Fsp3) is 0.619. The van der Waals surface area contributed by atoms with E-state index in [0.29, 0.717) is 11.5 Å². The van der Waals surface area contributed by atoms with Crippen molar-refractivity contribution in [3.05, 3.63) is 24.0 Å². The highest BCUT2D eigenvalue weighted by molar-refractivity contribution is 5.64. The Labute approximate surface area is 169 Å². The van der Waals surface area contributed by atoms with Gasteiger partial charge in [0.05, 0.1) is 5.69 Å². The SMILES string of the molecule is CC(C)n1nc(-c2cnc(N)c(OC(F)F)c2)cc1[C@H]1C2C[C@H]3CN(C)C[C@H]3C21. The van der Waals surface area contributed by atoms with Crippen molar-refractivity contribution in [3.8, 4) is 17.0 Å². The van der Waals surface area contributed by atoms with E-state index in [9.17, 15) is 8.78 Å². The maximum Gasteiger partial charge on any atom is 0.387 e. The number of anilines is 1. The van der Waals surface area contributed by atoms with Gasteiger partial charge in [-0.25, -0.2) is 4.98 Å². The van der Waals surface area contributed by atoms with Crippen molar-refractivity contribution in [1.29, 1.82) is 0 Å². The van der Waals surface area contributed by atoms with Crippen LogP contribution in [-0.2, 0) is 0 Å². The molecule has 156 valence electrons. The Morgan fingerprint density at radius 1 is 1.21 bits per heavy atom. The van der Waals surface area contributed by atoms with Crippen molar-refractivity contribution < 1.29 is 13.5 Å². The smallest absolute Gasteiger partial charge is 0.387 e. The molecule has 0 radical (unpaired) electrons. The number of alkyl halides is 2. The molecule has 6 nitrogen and oxygen atoms in total. The van der Waals surface area contributed by atoms with Crippen LogP contribution in [0.3, 0.4) is 0 Å². The van der Waals surface area contributed by atoms with Gasteiger partial charge in [0.2, 0.25) is 0 Å². The van der Waals surface area contributed by atoms with Crippen LogP contribution in [0.4, 0.5) is 14.6 Å². The van der Waals surface area contributed by atoms with Crippen molar-refractivity contribution in [3.63, 3.8) is 0 Å². The van der Waals surface area contributed by atoms with Gasteiger partial charge in [-0.05, 0) is 63.1 Å². The first-order valence-corrected chi connectivity index (χ1v) is 10.3. The van der Waals surface area contributed by atoms with E-state index in [4.69, 9.17) is 10.8 Å². The summed E-state index contributed by atoms with van der Waals surface area (Å²) in [6, 6.07) is 3.83. The van der Waals surface area contributed by atoms with Gasteiger partial charge in [-0.2, -0.15) is 13.9 Å². The number of likely N-dealkylation sites (tertiary alicyclic amines) is 1. The molecule has 0 spiro atoms. The zero-order valence-electron chi connectivity index (χ0n) is 16.9. The van der Waals surface area contributed by atoms with Crippen molar-refractivity contribution in [2.75, 3.05) is 25.9 Å². The summed E-state index contributed by atoms with van der Waals surface area (Å²) in [6.07, 6.45) is 2.87. The maximum atomic E-state index is 12.7. The molecular formula is C21H27F2N5O. The number of ether oxygens (including phenoxy) is 1. The van der Waals surface area contributed by atoms with Crippen LogP contribution >= 0.6 is 0 Å². The van der Waals surface area contributed by atoms with Gasteiger partial charge in [0, 0.05) is 42.5 Å². The molecule has 2 saturated carbocycles. The number of nitrogens with two attached hydrogens (primary N) is 1. The number of rotatable bonds is 5. The topological polar surface area (TPSA) is 69.2 Å². The predicted octanol–water partition coefficient (Wildman–Crippen LogP) is 3.62. The molecule has 29 heavy (non-hydrogen) atoms. The van der Waals surface area contributed by atoms with E-state index in [-0.39, 0.29) is 17.6 Å². The summed E-state index contributed by atoms with van der Waals surface area (Å²) in [5.41, 5.74) is 8.30. The minimum Gasteiger partial charge on any atom is -0.431 e. The van der Waals surface area contributed by atoms with Gasteiger partial charge in [-0.3, -0.25) is 4.68 Å². The molecule has 8 heteroatoms. The van der Waals surface area contributed by atoms with Crippen molar-refractivity contribution in [2.45, 2.75) is 38.8 Å². The van der Waals surface area contributed by atoms with Crippen molar-refractivity contribution in [2.24, 2.45) is 23.7 Å². The van der Waals surface area contributed by atoms with Crippen LogP contribution in [0.5, 0.6) is 5.75 Å². The fourth-order valence-corrected chi connectivity index (χ4v) is 5.86. The van der Waals surface area contributed by atoms with Gasteiger partial charge in [0.1, 0.15) is 0 Å². The first-order valence-electron chi connectivity index (χ1n) is 10.3. The third kappa shape index (κ3) is 3.08. The Hall–Kier alpha value is -2.22. The van der Waals surface area contributed by atoms with Gasteiger partial charge >= 0.3 is 6.61 Å². The van der Waals surface area contributed by atoms with Crippen molar-refractivity contribution >= 4 is 5.82 Å². The second-order valence-electron chi connectivity index (χ2n) is 9.13. The molecule has 5 rings (SSSR count). The molecule has 3 aliphatic rings. The van der Waals surface area contributed by atoms with E-state index >= 15 is 0 Å². The molecule has 1 aliphatic heterocycles. The summed E-state index contributed by atoms with van der Waals surface area (Å²) in [5, 5.41) is 4.80. The van der Waals surface area contributed by atoms with Crippen LogP contribution in [0.25, 0.3) is 11.3 Å². The predicted molar refractivity (Wildman–Crippen MR) is 106 cm³/mol. The number of nitrogens with zero attached hydrogens (tertiary/aromatic N) is 4. The van der Waals surface area contributed by atoms with Crippen LogP contribution in [0.15, 0.2) is 18.3 Å². The first kappa shape index (κ1) is 18.8. The minimum atomic E-state index is -2.94. The largest absolute Gasteiger partial charge is 0.431 e. The van der Waals surface area contributed by atoms with E-state index in [1.165, 1.54) is 31.3 Å². The molecule has 3 heterocycles. The highest BCUT2D eigenvalue weighted by Crippen LogP contribution is 2.68. The lowest BCUT2D eigenvalue weighted by molar-refractivity contribution is -0.0494. The molecule has 0 amide bonds. The van der Waals surface area contributed by atoms with E-state index < -0.39 is 6.61 Å². The molecule has 2 N–H and O–H groups in total. The second-order valence-corrected chi connectivity index (χ2v) is 9.13. The van der Waals surface area contributed by atoms with Gasteiger partial charge in [-0.1, -0.05) is 0 Å². The molecule has 2 aromatic rings. The average molecular weight is 403 g/mol. The Morgan fingerprint density at radius 3 is 2.72 bits per heavy atom. The van der Waals surface area contributed by atoms with Crippen LogP contribution < -0.4 is 10.5 Å². The number of fused-ring (bicyclic) bond motifs is 3. The van der Waals surface area contributed by atoms with E-state index in [1.807, 2.05) is 0 Å². The Morgan fingerprint density at radius 2 is 2.00 bits per heavy atom. The Kier molecular flexibility index (Phi) is 4.31. The highest BCUT2D eigenvalue weighted by Gasteiger charge is 2.64. The number of nitrogen functional groups attached to an aromatic ring is 1. The van der Waals surface area contributed by atoms with Gasteiger partial charge in [-0.15, -0.1) is 0 Å². The summed E-state index contributed by atoms with van der Waals surface area (Å²) in [6.45, 7) is 3.72. The lowest BCUT2D eigenvalue weighted by Crippen LogP contribution is -2.15. The average Bonchev–Trinajstić information content (AvgIpc) is 2.98. The summed E-state index contributed by atoms with van der Waals surface area (Å²) < 4.78 is 31.9. The third-order valence-electron chi connectivity index (χ3n) is 6.96. The summed E-state index contributed by atoms with van der Waals surface area (Å²) >= 11 is 0. The zero-order chi connectivity index (χ0) is 20.4. The second kappa shape index (κ2) is 6.65. The van der Waals surface area contributed by atoms with Gasteiger partial charge in [0.15, 0.2) is 11.6 Å². The highest BCUT2D eigenvalue weighted by atomic mass is 19.3. The fourth-order valence-electron chi connectivity index (χ4n) is 5.86. The van der Waals surface area contributed by atoms with Crippen LogP contribution in [0, 0.1) is 23.7 Å². The number of aromatic nitrogens is 3. The maximum absolute atomic E-state index is 12.7. The van der Waals surface area contributed by atoms with Crippen molar-refractivity contribution in [1.82, 2.24) is 19.7 Å². The molecular weight excluding hydrogens is 376 g/mol. The Balaban J connectivity index is 1.46. The monoisotopic (exact) mass is 403 g/mol. The standard InChI is InChI=1S/C21H27F2N5O/c1-10(2)28-16(19-13-4-12-8-27(3)9-14(12)18(13)19)6-15(26-28)11-5-17(29-21(22)23)20(24)25-7-11/h5-7,10,12-14,18-19,21H,4,8-9H2,1-3H3,(H2,24,25)/t12-,13?,14+,18?,19+/m0/s1. The molecule has 1 saturated heterocycles. The van der Waals surface area contributed by atoms with Crippen LogP contribution in [0.1, 0.15) is 37.9 Å². The van der Waals surface area contributed by atoms with E-state index in [2.05, 4.69) is 46.3 Å². The molecule has 2 unspecified atom stereocenters. The van der Waals surface area contributed by atoms with Crippen LogP contribution in [-0.4, -0.2) is 46.4 Å². The minimum absolute atomic E-state index is 0.0503. The molecule has 5 atom stereocenters. The molecule has 2 aromatic heterocycles. The summed E-state index contributed by atoms with van der Waals surface area (Å²) in [4.78, 5) is 6.48. The van der Waals surface area contributed by atoms with Gasteiger partial charge < -0.3 is 15.4 Å². The van der Waals surface area contributed by atoms with E-state index in [1.54, 1.807) is 6.20 Å². The third-order valence-corrected chi connectivity index (χ3v) is 6.96. The molecule has 0 aromatic carbocycles. The number of halogens is 2. The molecule has 2 aliphatic carbocycles. The lowest BCUT2D eigenvalue weighted by Gasteiger charge is -2.17. The zero-order valence-corrected chi connectivity index (χ0v) is 16.9. The quantitative estimate of drug-likeness (QED) is 0.826.